The molecule has 0 bridgehead atoms. The third kappa shape index (κ3) is 3.30. The number of amides is 2. The van der Waals surface area contributed by atoms with Crippen molar-refractivity contribution in [2.45, 2.75) is 18.9 Å². The zero-order chi connectivity index (χ0) is 15.5. The summed E-state index contributed by atoms with van der Waals surface area (Å²) in [4.78, 5) is 32.3. The predicted molar refractivity (Wildman–Crippen MR) is 83.4 cm³/mol. The average molecular weight is 368 g/mol. The lowest BCUT2D eigenvalue weighted by Gasteiger charge is -2.35. The lowest BCUT2D eigenvalue weighted by atomic mass is 10.2. The number of hydrogen-bond donors (Lipinski definition) is 0. The van der Waals surface area contributed by atoms with E-state index in [2.05, 4.69) is 20.9 Å². The number of aromatic nitrogens is 1. The number of piperazine rings is 1. The Bertz CT molecular complexity index is 567. The maximum atomic E-state index is 12.4. The minimum absolute atomic E-state index is 0.0435. The molecule has 1 aromatic heterocycles. The zero-order valence-corrected chi connectivity index (χ0v) is 13.8. The van der Waals surface area contributed by atoms with Gasteiger partial charge in [-0.25, -0.2) is 0 Å². The van der Waals surface area contributed by atoms with Gasteiger partial charge in [-0.3, -0.25) is 14.6 Å². The van der Waals surface area contributed by atoms with Gasteiger partial charge in [0.25, 0.3) is 11.8 Å². The minimum Gasteiger partial charge on any atom is -0.368 e. The van der Waals surface area contributed by atoms with Gasteiger partial charge < -0.3 is 14.5 Å². The van der Waals surface area contributed by atoms with E-state index >= 15 is 0 Å². The smallest absolute Gasteiger partial charge is 0.255 e. The van der Waals surface area contributed by atoms with E-state index in [4.69, 9.17) is 4.74 Å². The Morgan fingerprint density at radius 2 is 1.91 bits per heavy atom. The molecule has 118 valence electrons. The molecule has 3 heterocycles. The van der Waals surface area contributed by atoms with Crippen LogP contribution in [0.3, 0.4) is 0 Å². The van der Waals surface area contributed by atoms with Crippen LogP contribution in [0, 0.1) is 0 Å². The van der Waals surface area contributed by atoms with E-state index in [9.17, 15) is 9.59 Å². The summed E-state index contributed by atoms with van der Waals surface area (Å²) >= 11 is 3.32. The minimum atomic E-state index is -0.281. The van der Waals surface area contributed by atoms with Gasteiger partial charge in [0.2, 0.25) is 0 Å². The number of nitrogens with zero attached hydrogens (tertiary/aromatic N) is 3. The molecular weight excluding hydrogens is 350 g/mol. The first kappa shape index (κ1) is 15.4. The first-order valence-electron chi connectivity index (χ1n) is 7.45. The van der Waals surface area contributed by atoms with Gasteiger partial charge in [0.1, 0.15) is 6.10 Å². The largest absolute Gasteiger partial charge is 0.368 e. The van der Waals surface area contributed by atoms with E-state index in [0.29, 0.717) is 38.3 Å². The molecule has 2 saturated heterocycles. The SMILES string of the molecule is O=C(c1cncc(Br)c1)N1CCN(C(=O)[C@H]2CCCO2)CC1. The summed E-state index contributed by atoms with van der Waals surface area (Å²) in [6, 6.07) is 1.76. The summed E-state index contributed by atoms with van der Waals surface area (Å²) in [5.74, 6) is 0.0201. The molecule has 7 heteroatoms. The number of carbonyl (C=O) groups is 2. The van der Waals surface area contributed by atoms with Crippen LogP contribution < -0.4 is 0 Å². The van der Waals surface area contributed by atoms with Gasteiger partial charge in [0, 0.05) is 49.7 Å². The highest BCUT2D eigenvalue weighted by Crippen LogP contribution is 2.17. The first-order chi connectivity index (χ1) is 10.6. The molecule has 22 heavy (non-hydrogen) atoms. The van der Waals surface area contributed by atoms with E-state index in [-0.39, 0.29) is 17.9 Å². The van der Waals surface area contributed by atoms with E-state index < -0.39 is 0 Å². The number of pyridine rings is 1. The normalized spacial score (nSPS) is 22.0. The van der Waals surface area contributed by atoms with Gasteiger partial charge >= 0.3 is 0 Å². The Morgan fingerprint density at radius 3 is 2.55 bits per heavy atom. The first-order valence-corrected chi connectivity index (χ1v) is 8.24. The van der Waals surface area contributed by atoms with Crippen molar-refractivity contribution in [3.05, 3.63) is 28.5 Å². The summed E-state index contributed by atoms with van der Waals surface area (Å²) in [7, 11) is 0. The molecule has 3 rings (SSSR count). The van der Waals surface area contributed by atoms with Crippen molar-refractivity contribution >= 4 is 27.7 Å². The molecule has 0 N–H and O–H groups in total. The van der Waals surface area contributed by atoms with Crippen LogP contribution in [0.1, 0.15) is 23.2 Å². The fraction of sp³-hybridized carbons (Fsp3) is 0.533. The third-order valence-electron chi connectivity index (χ3n) is 4.04. The fourth-order valence-corrected chi connectivity index (χ4v) is 3.18. The van der Waals surface area contributed by atoms with Crippen LogP contribution in [0.2, 0.25) is 0 Å². The Morgan fingerprint density at radius 1 is 1.18 bits per heavy atom. The summed E-state index contributed by atoms with van der Waals surface area (Å²) < 4.78 is 6.22. The fourth-order valence-electron chi connectivity index (χ4n) is 2.82. The molecule has 2 amide bonds. The zero-order valence-electron chi connectivity index (χ0n) is 12.2. The molecule has 6 nitrogen and oxygen atoms in total. The number of halogens is 1. The van der Waals surface area contributed by atoms with Gasteiger partial charge in [0.15, 0.2) is 0 Å². The second-order valence-corrected chi connectivity index (χ2v) is 6.43. The van der Waals surface area contributed by atoms with Crippen molar-refractivity contribution < 1.29 is 14.3 Å². The van der Waals surface area contributed by atoms with Gasteiger partial charge in [-0.15, -0.1) is 0 Å². The quantitative estimate of drug-likeness (QED) is 0.790. The highest BCUT2D eigenvalue weighted by molar-refractivity contribution is 9.10. The summed E-state index contributed by atoms with van der Waals surface area (Å²) in [5.41, 5.74) is 0.563. The molecule has 0 unspecified atom stereocenters. The standard InChI is InChI=1S/C15H18BrN3O3/c16-12-8-11(9-17-10-12)14(20)18-3-5-19(6-4-18)15(21)13-2-1-7-22-13/h8-10,13H,1-7H2/t13-/m1/s1. The van der Waals surface area contributed by atoms with Crippen molar-refractivity contribution in [3.8, 4) is 0 Å². The van der Waals surface area contributed by atoms with Crippen LogP contribution in [0.25, 0.3) is 0 Å². The Kier molecular flexibility index (Phi) is 4.73. The predicted octanol–water partition coefficient (Wildman–Crippen LogP) is 1.31. The van der Waals surface area contributed by atoms with Gasteiger partial charge in [-0.05, 0) is 34.8 Å². The number of carbonyl (C=O) groups excluding carboxylic acids is 2. The van der Waals surface area contributed by atoms with Crippen molar-refractivity contribution in [1.82, 2.24) is 14.8 Å². The van der Waals surface area contributed by atoms with Gasteiger partial charge in [-0.1, -0.05) is 0 Å². The van der Waals surface area contributed by atoms with Crippen LogP contribution in [0.15, 0.2) is 22.9 Å². The van der Waals surface area contributed by atoms with Gasteiger partial charge in [-0.2, -0.15) is 0 Å². The molecular formula is C15H18BrN3O3. The topological polar surface area (TPSA) is 62.7 Å². The molecule has 1 atom stereocenters. The molecule has 0 radical (unpaired) electrons. The molecule has 0 aromatic carbocycles. The second kappa shape index (κ2) is 6.75. The van der Waals surface area contributed by atoms with E-state index in [0.717, 1.165) is 17.3 Å². The molecule has 2 aliphatic heterocycles. The Balaban J connectivity index is 1.57. The third-order valence-corrected chi connectivity index (χ3v) is 4.47. The van der Waals surface area contributed by atoms with Crippen LogP contribution in [-0.2, 0) is 9.53 Å². The van der Waals surface area contributed by atoms with E-state index in [1.54, 1.807) is 28.3 Å². The van der Waals surface area contributed by atoms with Crippen LogP contribution in [0.4, 0.5) is 0 Å². The Hall–Kier alpha value is -1.47. The molecule has 0 aliphatic carbocycles. The summed E-state index contributed by atoms with van der Waals surface area (Å²) in [6.07, 6.45) is 4.69. The van der Waals surface area contributed by atoms with Crippen LogP contribution in [0.5, 0.6) is 0 Å². The number of hydrogen-bond acceptors (Lipinski definition) is 4. The summed E-state index contributed by atoms with van der Waals surface area (Å²) in [6.45, 7) is 2.89. The van der Waals surface area contributed by atoms with Crippen LogP contribution in [-0.4, -0.2) is 65.5 Å². The monoisotopic (exact) mass is 367 g/mol. The lowest BCUT2D eigenvalue weighted by molar-refractivity contribution is -0.142. The maximum absolute atomic E-state index is 12.4. The van der Waals surface area contributed by atoms with Crippen molar-refractivity contribution in [2.24, 2.45) is 0 Å². The molecule has 0 spiro atoms. The highest BCUT2D eigenvalue weighted by atomic mass is 79.9. The molecule has 0 saturated carbocycles. The van der Waals surface area contributed by atoms with E-state index in [1.165, 1.54) is 0 Å². The molecule has 2 fully saturated rings. The molecule has 1 aromatic rings. The second-order valence-electron chi connectivity index (χ2n) is 5.51. The van der Waals surface area contributed by atoms with Crippen molar-refractivity contribution in [1.29, 1.82) is 0 Å². The average Bonchev–Trinajstić information content (AvgIpc) is 3.08. The van der Waals surface area contributed by atoms with Crippen molar-refractivity contribution in [3.63, 3.8) is 0 Å². The maximum Gasteiger partial charge on any atom is 0.255 e. The van der Waals surface area contributed by atoms with E-state index in [1.807, 2.05) is 0 Å². The number of rotatable bonds is 2. The number of ether oxygens (including phenoxy) is 1. The highest BCUT2D eigenvalue weighted by Gasteiger charge is 2.31. The van der Waals surface area contributed by atoms with Crippen LogP contribution >= 0.6 is 15.9 Å². The van der Waals surface area contributed by atoms with Crippen molar-refractivity contribution in [2.75, 3.05) is 32.8 Å². The van der Waals surface area contributed by atoms with Gasteiger partial charge in [0.05, 0.1) is 5.56 Å². The Labute approximate surface area is 137 Å². The lowest BCUT2D eigenvalue weighted by Crippen LogP contribution is -2.52. The summed E-state index contributed by atoms with van der Waals surface area (Å²) in [5, 5.41) is 0. The molecule has 2 aliphatic rings.